The van der Waals surface area contributed by atoms with Crippen molar-refractivity contribution in [3.63, 3.8) is 0 Å². The minimum atomic E-state index is -0.606. The van der Waals surface area contributed by atoms with E-state index >= 15 is 0 Å². The predicted octanol–water partition coefficient (Wildman–Crippen LogP) is 2.41. The number of aryl methyl sites for hydroxylation is 1. The number of fused-ring (bicyclic) bond motifs is 2. The van der Waals surface area contributed by atoms with E-state index in [0.717, 1.165) is 26.4 Å². The molecule has 1 aliphatic rings. The smallest absolute Gasteiger partial charge is 0.348 e. The van der Waals surface area contributed by atoms with Gasteiger partial charge in [-0.2, -0.15) is 0 Å². The fourth-order valence-electron chi connectivity index (χ4n) is 4.02. The number of nitrogens with zero attached hydrogens (tertiary/aromatic N) is 3. The quantitative estimate of drug-likeness (QED) is 0.304. The van der Waals surface area contributed by atoms with Crippen molar-refractivity contribution in [1.82, 2.24) is 14.0 Å². The summed E-state index contributed by atoms with van der Waals surface area (Å²) in [6.07, 6.45) is 0. The molecular formula is C25H19N3O6S. The number of hydrogen-bond donors (Lipinski definition) is 0. The Labute approximate surface area is 202 Å². The number of amides is 2. The summed E-state index contributed by atoms with van der Waals surface area (Å²) in [5.74, 6) is -1.52. The molecule has 0 saturated carbocycles. The highest BCUT2D eigenvalue weighted by molar-refractivity contribution is 7.20. The summed E-state index contributed by atoms with van der Waals surface area (Å²) in [6, 6.07) is 17.1. The van der Waals surface area contributed by atoms with Crippen molar-refractivity contribution in [3.05, 3.63) is 103 Å². The Morgan fingerprint density at radius 2 is 1.51 bits per heavy atom. The molecule has 0 unspecified atom stereocenters. The number of imide groups is 1. The average Bonchev–Trinajstić information content (AvgIpc) is 3.43. The van der Waals surface area contributed by atoms with Gasteiger partial charge in [0.25, 0.3) is 17.4 Å². The molecular weight excluding hydrogens is 470 g/mol. The highest BCUT2D eigenvalue weighted by Crippen LogP contribution is 2.24. The van der Waals surface area contributed by atoms with Crippen molar-refractivity contribution in [1.29, 1.82) is 0 Å². The molecule has 35 heavy (non-hydrogen) atoms. The lowest BCUT2D eigenvalue weighted by Gasteiger charge is -2.15. The number of benzene rings is 2. The van der Waals surface area contributed by atoms with Gasteiger partial charge in [-0.1, -0.05) is 42.5 Å². The van der Waals surface area contributed by atoms with E-state index in [1.165, 1.54) is 17.7 Å². The van der Waals surface area contributed by atoms with Gasteiger partial charge in [-0.25, -0.2) is 9.59 Å². The fraction of sp³-hybridized carbons (Fsp3) is 0.160. The average molecular weight is 490 g/mol. The molecule has 2 aromatic heterocycles. The molecule has 9 nitrogen and oxygen atoms in total. The molecule has 5 rings (SSSR count). The molecule has 0 spiro atoms. The van der Waals surface area contributed by atoms with Crippen LogP contribution in [0.3, 0.4) is 0 Å². The predicted molar refractivity (Wildman–Crippen MR) is 129 cm³/mol. The maximum absolute atomic E-state index is 13.1. The maximum atomic E-state index is 13.1. The number of carbonyl (C=O) groups excluding carboxylic acids is 3. The summed E-state index contributed by atoms with van der Waals surface area (Å²) in [4.78, 5) is 65.4. The molecule has 2 aromatic carbocycles. The highest BCUT2D eigenvalue weighted by atomic mass is 32.1. The van der Waals surface area contributed by atoms with Gasteiger partial charge in [-0.3, -0.25) is 28.4 Å². The number of ether oxygens (including phenoxy) is 1. The molecule has 0 N–H and O–H groups in total. The van der Waals surface area contributed by atoms with E-state index in [1.54, 1.807) is 24.3 Å². The van der Waals surface area contributed by atoms with Gasteiger partial charge < -0.3 is 4.74 Å². The van der Waals surface area contributed by atoms with Crippen LogP contribution in [0.1, 0.15) is 36.0 Å². The van der Waals surface area contributed by atoms with Gasteiger partial charge in [-0.15, -0.1) is 11.3 Å². The summed E-state index contributed by atoms with van der Waals surface area (Å²) in [5.41, 5.74) is 0.211. The first kappa shape index (κ1) is 22.5. The van der Waals surface area contributed by atoms with Crippen LogP contribution in [0.2, 0.25) is 0 Å². The lowest BCUT2D eigenvalue weighted by Crippen LogP contribution is -2.42. The number of rotatable bonds is 6. The van der Waals surface area contributed by atoms with Gasteiger partial charge >= 0.3 is 11.7 Å². The molecule has 1 aliphatic heterocycles. The van der Waals surface area contributed by atoms with Crippen LogP contribution in [0.25, 0.3) is 10.2 Å². The first-order chi connectivity index (χ1) is 16.9. The zero-order chi connectivity index (χ0) is 24.7. The van der Waals surface area contributed by atoms with Crippen LogP contribution in [-0.2, 0) is 24.9 Å². The Balaban J connectivity index is 1.40. The molecule has 0 aliphatic carbocycles. The molecule has 0 radical (unpaired) electrons. The Morgan fingerprint density at radius 1 is 0.886 bits per heavy atom. The van der Waals surface area contributed by atoms with Gasteiger partial charge in [0.1, 0.15) is 16.3 Å². The zero-order valence-electron chi connectivity index (χ0n) is 18.6. The first-order valence-electron chi connectivity index (χ1n) is 10.8. The summed E-state index contributed by atoms with van der Waals surface area (Å²) < 4.78 is 7.59. The first-order valence-corrected chi connectivity index (χ1v) is 11.6. The van der Waals surface area contributed by atoms with Gasteiger partial charge in [0.15, 0.2) is 0 Å². The van der Waals surface area contributed by atoms with Crippen molar-refractivity contribution < 1.29 is 19.1 Å². The molecule has 176 valence electrons. The fourth-order valence-corrected chi connectivity index (χ4v) is 5.02. The second-order valence-corrected chi connectivity index (χ2v) is 9.03. The monoisotopic (exact) mass is 489 g/mol. The molecule has 3 heterocycles. The minimum Gasteiger partial charge on any atom is -0.457 e. The molecule has 0 fully saturated rings. The number of esters is 1. The van der Waals surface area contributed by atoms with Crippen LogP contribution in [0, 0.1) is 0 Å². The van der Waals surface area contributed by atoms with E-state index in [0.29, 0.717) is 16.0 Å². The van der Waals surface area contributed by atoms with Gasteiger partial charge in [0.2, 0.25) is 0 Å². The Bertz CT molecular complexity index is 1580. The second-order valence-electron chi connectivity index (χ2n) is 8.00. The third-order valence-corrected chi connectivity index (χ3v) is 7.04. The number of hydrogen-bond acceptors (Lipinski definition) is 7. The van der Waals surface area contributed by atoms with E-state index in [-0.39, 0.29) is 30.0 Å². The topological polar surface area (TPSA) is 108 Å². The standard InChI is InChI=1S/C25H19N3O6S/c1-26-23-18(13-19(35-23)24(32)34-14-15-7-3-2-4-8-15)22(31)28(25(26)33)12-11-27-20(29)16-9-5-6-10-17(16)21(27)30/h2-10,13H,11-12,14H2,1H3. The molecule has 10 heteroatoms. The van der Waals surface area contributed by atoms with Crippen LogP contribution in [-0.4, -0.2) is 38.4 Å². The van der Waals surface area contributed by atoms with Crippen LogP contribution >= 0.6 is 11.3 Å². The molecule has 4 aromatic rings. The summed E-state index contributed by atoms with van der Waals surface area (Å²) in [6.45, 7) is -0.225. The van der Waals surface area contributed by atoms with Gasteiger partial charge in [0, 0.05) is 20.1 Å². The van der Waals surface area contributed by atoms with Crippen molar-refractivity contribution in [2.45, 2.75) is 13.2 Å². The second kappa shape index (κ2) is 8.80. The third kappa shape index (κ3) is 3.87. The van der Waals surface area contributed by atoms with E-state index in [2.05, 4.69) is 0 Å². The normalized spacial score (nSPS) is 12.9. The summed E-state index contributed by atoms with van der Waals surface area (Å²) >= 11 is 0.996. The Morgan fingerprint density at radius 3 is 2.17 bits per heavy atom. The number of carbonyl (C=O) groups is 3. The van der Waals surface area contributed by atoms with Gasteiger partial charge in [0.05, 0.1) is 16.5 Å². The molecule has 0 bridgehead atoms. The molecule has 0 saturated heterocycles. The highest BCUT2D eigenvalue weighted by Gasteiger charge is 2.35. The largest absolute Gasteiger partial charge is 0.457 e. The molecule has 0 atom stereocenters. The van der Waals surface area contributed by atoms with Crippen molar-refractivity contribution >= 4 is 39.3 Å². The van der Waals surface area contributed by atoms with E-state index in [9.17, 15) is 24.0 Å². The van der Waals surface area contributed by atoms with Crippen LogP contribution < -0.4 is 11.2 Å². The van der Waals surface area contributed by atoms with Crippen molar-refractivity contribution in [3.8, 4) is 0 Å². The Hall–Kier alpha value is -4.31. The number of thiophene rings is 1. The SMILES string of the molecule is Cn1c(=O)n(CCN2C(=O)c3ccccc3C2=O)c(=O)c2cc(C(=O)OCc3ccccc3)sc21. The number of aromatic nitrogens is 2. The van der Waals surface area contributed by atoms with Gasteiger partial charge in [-0.05, 0) is 23.8 Å². The van der Waals surface area contributed by atoms with Crippen LogP contribution in [0.4, 0.5) is 0 Å². The Kier molecular flexibility index (Phi) is 5.65. The lowest BCUT2D eigenvalue weighted by molar-refractivity contribution is 0.0478. The van der Waals surface area contributed by atoms with E-state index in [1.807, 2.05) is 30.3 Å². The maximum Gasteiger partial charge on any atom is 0.348 e. The minimum absolute atomic E-state index is 0.0807. The van der Waals surface area contributed by atoms with E-state index < -0.39 is 29.0 Å². The lowest BCUT2D eigenvalue weighted by atomic mass is 10.1. The summed E-state index contributed by atoms with van der Waals surface area (Å²) in [5, 5.41) is 0.186. The van der Waals surface area contributed by atoms with E-state index in [4.69, 9.17) is 4.74 Å². The van der Waals surface area contributed by atoms with Crippen molar-refractivity contribution in [2.24, 2.45) is 7.05 Å². The van der Waals surface area contributed by atoms with Crippen LogP contribution in [0.5, 0.6) is 0 Å². The van der Waals surface area contributed by atoms with Crippen LogP contribution in [0.15, 0.2) is 70.3 Å². The molecule has 2 amide bonds. The van der Waals surface area contributed by atoms with Crippen molar-refractivity contribution in [2.75, 3.05) is 6.54 Å². The zero-order valence-corrected chi connectivity index (χ0v) is 19.4. The third-order valence-electron chi connectivity index (χ3n) is 5.85. The summed E-state index contributed by atoms with van der Waals surface area (Å²) in [7, 11) is 1.50.